The average molecular weight is 281 g/mol. The summed E-state index contributed by atoms with van der Waals surface area (Å²) in [5.74, 6) is -0.0397. The van der Waals surface area contributed by atoms with Gasteiger partial charge in [-0.3, -0.25) is 14.5 Å². The number of amides is 1. The minimum atomic E-state index is -0.652. The van der Waals surface area contributed by atoms with Crippen LogP contribution in [-0.4, -0.2) is 41.8 Å². The van der Waals surface area contributed by atoms with Gasteiger partial charge in [-0.1, -0.05) is 11.6 Å². The molecule has 0 atom stereocenters. The molecule has 1 saturated heterocycles. The molecule has 1 aromatic carbocycles. The van der Waals surface area contributed by atoms with E-state index >= 15 is 0 Å². The van der Waals surface area contributed by atoms with E-state index in [0.29, 0.717) is 23.7 Å². The molecule has 2 rings (SSSR count). The molecule has 19 heavy (non-hydrogen) atoms. The minimum absolute atomic E-state index is 0.000517. The highest BCUT2D eigenvalue weighted by Crippen LogP contribution is 2.18. The molecule has 1 aliphatic heterocycles. The van der Waals surface area contributed by atoms with Crippen molar-refractivity contribution in [3.63, 3.8) is 0 Å². The number of benzene rings is 1. The number of carbonyl (C=O) groups excluding carboxylic acids is 2. The Morgan fingerprint density at radius 3 is 2.63 bits per heavy atom. The summed E-state index contributed by atoms with van der Waals surface area (Å²) >= 11 is 5.80. The van der Waals surface area contributed by atoms with Crippen molar-refractivity contribution in [2.45, 2.75) is 19.4 Å². The minimum Gasteiger partial charge on any atom is -0.353 e. The Bertz CT molecular complexity index is 497. The van der Waals surface area contributed by atoms with Crippen LogP contribution in [-0.2, 0) is 4.79 Å². The lowest BCUT2D eigenvalue weighted by Crippen LogP contribution is -2.62. The van der Waals surface area contributed by atoms with Gasteiger partial charge in [0.05, 0.1) is 12.1 Å². The van der Waals surface area contributed by atoms with E-state index in [4.69, 9.17) is 11.6 Å². The van der Waals surface area contributed by atoms with E-state index in [-0.39, 0.29) is 18.2 Å². The number of piperazine rings is 1. The molecule has 102 valence electrons. The number of carbonyl (C=O) groups is 2. The number of nitrogens with one attached hydrogen (secondary N) is 1. The maximum atomic E-state index is 12.2. The molecular formula is C14H17ClN2O2. The maximum absolute atomic E-state index is 12.2. The standard InChI is InChI=1S/C14H17ClN2O2/c1-14(2)13(19)16-7-8-17(14)9-12(18)10-3-5-11(15)6-4-10/h3-6H,7-9H2,1-2H3,(H,16,19). The van der Waals surface area contributed by atoms with E-state index in [0.717, 1.165) is 0 Å². The Hall–Kier alpha value is -1.39. The summed E-state index contributed by atoms with van der Waals surface area (Å²) in [6, 6.07) is 6.81. The van der Waals surface area contributed by atoms with Crippen LogP contribution in [0.15, 0.2) is 24.3 Å². The highest BCUT2D eigenvalue weighted by molar-refractivity contribution is 6.30. The second-order valence-electron chi connectivity index (χ2n) is 5.17. The Labute approximate surface area is 117 Å². The monoisotopic (exact) mass is 280 g/mol. The quantitative estimate of drug-likeness (QED) is 0.858. The third kappa shape index (κ3) is 2.96. The van der Waals surface area contributed by atoms with Gasteiger partial charge in [-0.2, -0.15) is 0 Å². The fourth-order valence-electron chi connectivity index (χ4n) is 2.12. The largest absolute Gasteiger partial charge is 0.353 e. The summed E-state index contributed by atoms with van der Waals surface area (Å²) in [6.07, 6.45) is 0. The second-order valence-corrected chi connectivity index (χ2v) is 5.60. The molecule has 0 unspecified atom stereocenters. The van der Waals surface area contributed by atoms with Gasteiger partial charge < -0.3 is 5.32 Å². The van der Waals surface area contributed by atoms with Crippen LogP contribution in [0.2, 0.25) is 5.02 Å². The normalized spacial score (nSPS) is 19.0. The Morgan fingerprint density at radius 2 is 2.00 bits per heavy atom. The van der Waals surface area contributed by atoms with Gasteiger partial charge in [-0.25, -0.2) is 0 Å². The van der Waals surface area contributed by atoms with Crippen LogP contribution < -0.4 is 5.32 Å². The van der Waals surface area contributed by atoms with E-state index in [1.807, 2.05) is 18.7 Å². The number of nitrogens with zero attached hydrogens (tertiary/aromatic N) is 1. The molecule has 1 amide bonds. The van der Waals surface area contributed by atoms with E-state index in [9.17, 15) is 9.59 Å². The fourth-order valence-corrected chi connectivity index (χ4v) is 2.25. The third-order valence-corrected chi connectivity index (χ3v) is 3.77. The molecule has 1 aliphatic rings. The van der Waals surface area contributed by atoms with Crippen molar-refractivity contribution < 1.29 is 9.59 Å². The van der Waals surface area contributed by atoms with Crippen molar-refractivity contribution in [3.8, 4) is 0 Å². The number of hydrogen-bond acceptors (Lipinski definition) is 3. The molecule has 4 nitrogen and oxygen atoms in total. The first-order chi connectivity index (χ1) is 8.91. The van der Waals surface area contributed by atoms with Crippen molar-refractivity contribution in [1.82, 2.24) is 10.2 Å². The van der Waals surface area contributed by atoms with Crippen LogP contribution in [0.4, 0.5) is 0 Å². The summed E-state index contributed by atoms with van der Waals surface area (Å²) < 4.78 is 0. The van der Waals surface area contributed by atoms with Gasteiger partial charge in [0.1, 0.15) is 0 Å². The van der Waals surface area contributed by atoms with Gasteiger partial charge in [-0.15, -0.1) is 0 Å². The van der Waals surface area contributed by atoms with Crippen LogP contribution >= 0.6 is 11.6 Å². The molecule has 1 heterocycles. The summed E-state index contributed by atoms with van der Waals surface area (Å²) in [5.41, 5.74) is -0.0356. The topological polar surface area (TPSA) is 49.4 Å². The Balaban J connectivity index is 2.10. The van der Waals surface area contributed by atoms with Crippen molar-refractivity contribution in [1.29, 1.82) is 0 Å². The molecule has 1 N–H and O–H groups in total. The first kappa shape index (κ1) is 14.0. The Morgan fingerprint density at radius 1 is 1.37 bits per heavy atom. The average Bonchev–Trinajstić information content (AvgIpc) is 2.36. The van der Waals surface area contributed by atoms with E-state index in [1.54, 1.807) is 24.3 Å². The van der Waals surface area contributed by atoms with Crippen molar-refractivity contribution in [2.75, 3.05) is 19.6 Å². The SMILES string of the molecule is CC1(C)C(=O)NCCN1CC(=O)c1ccc(Cl)cc1. The molecule has 0 saturated carbocycles. The highest BCUT2D eigenvalue weighted by atomic mass is 35.5. The molecular weight excluding hydrogens is 264 g/mol. The van der Waals surface area contributed by atoms with Gasteiger partial charge in [0.2, 0.25) is 5.91 Å². The first-order valence-corrected chi connectivity index (χ1v) is 6.61. The van der Waals surface area contributed by atoms with Gasteiger partial charge in [0, 0.05) is 23.7 Å². The zero-order valence-corrected chi connectivity index (χ0v) is 11.8. The first-order valence-electron chi connectivity index (χ1n) is 6.23. The third-order valence-electron chi connectivity index (χ3n) is 3.51. The second kappa shape index (κ2) is 5.31. The number of ketones is 1. The number of hydrogen-bond donors (Lipinski definition) is 1. The van der Waals surface area contributed by atoms with Gasteiger partial charge in [-0.05, 0) is 38.1 Å². The van der Waals surface area contributed by atoms with E-state index in [2.05, 4.69) is 5.32 Å². The van der Waals surface area contributed by atoms with Gasteiger partial charge >= 0.3 is 0 Å². The van der Waals surface area contributed by atoms with E-state index < -0.39 is 5.54 Å². The molecule has 0 bridgehead atoms. The number of Topliss-reactive ketones (excluding diaryl/α,β-unsaturated/α-hetero) is 1. The van der Waals surface area contributed by atoms with Crippen LogP contribution in [0.5, 0.6) is 0 Å². The molecule has 0 spiro atoms. The molecule has 5 heteroatoms. The molecule has 0 aromatic heterocycles. The van der Waals surface area contributed by atoms with Crippen molar-refractivity contribution in [2.24, 2.45) is 0 Å². The predicted octanol–water partition coefficient (Wildman–Crippen LogP) is 1.73. The zero-order valence-electron chi connectivity index (χ0n) is 11.1. The maximum Gasteiger partial charge on any atom is 0.240 e. The summed E-state index contributed by atoms with van der Waals surface area (Å²) in [5, 5.41) is 3.42. The van der Waals surface area contributed by atoms with E-state index in [1.165, 1.54) is 0 Å². The number of halogens is 1. The van der Waals surface area contributed by atoms with Crippen molar-refractivity contribution in [3.05, 3.63) is 34.9 Å². The van der Waals surface area contributed by atoms with Crippen LogP contribution in [0.1, 0.15) is 24.2 Å². The lowest BCUT2D eigenvalue weighted by Gasteiger charge is -2.40. The van der Waals surface area contributed by atoms with Gasteiger partial charge in [0.25, 0.3) is 0 Å². The summed E-state index contributed by atoms with van der Waals surface area (Å²) in [7, 11) is 0. The highest BCUT2D eigenvalue weighted by Gasteiger charge is 2.38. The van der Waals surface area contributed by atoms with Crippen LogP contribution in [0, 0.1) is 0 Å². The molecule has 0 aliphatic carbocycles. The zero-order chi connectivity index (χ0) is 14.0. The van der Waals surface area contributed by atoms with Crippen LogP contribution in [0.3, 0.4) is 0 Å². The van der Waals surface area contributed by atoms with Gasteiger partial charge in [0.15, 0.2) is 5.78 Å². The lowest BCUT2D eigenvalue weighted by atomic mass is 9.98. The lowest BCUT2D eigenvalue weighted by molar-refractivity contribution is -0.134. The number of rotatable bonds is 3. The van der Waals surface area contributed by atoms with Crippen LogP contribution in [0.25, 0.3) is 0 Å². The van der Waals surface area contributed by atoms with Crippen molar-refractivity contribution >= 4 is 23.3 Å². The molecule has 1 aromatic rings. The summed E-state index contributed by atoms with van der Waals surface area (Å²) in [4.78, 5) is 25.9. The molecule has 1 fully saturated rings. The summed E-state index contributed by atoms with van der Waals surface area (Å²) in [6.45, 7) is 5.16. The smallest absolute Gasteiger partial charge is 0.240 e. The predicted molar refractivity (Wildman–Crippen MR) is 74.4 cm³/mol. The fraction of sp³-hybridized carbons (Fsp3) is 0.429. The Kier molecular flexibility index (Phi) is 3.92. The molecule has 0 radical (unpaired) electrons.